The fourth-order valence-corrected chi connectivity index (χ4v) is 2.49. The number of para-hydroxylation sites is 1. The molecule has 0 amide bonds. The van der Waals surface area contributed by atoms with E-state index in [1.54, 1.807) is 0 Å². The topological polar surface area (TPSA) is 44.1 Å². The molecule has 118 valence electrons. The highest BCUT2D eigenvalue weighted by atomic mass is 16.5. The summed E-state index contributed by atoms with van der Waals surface area (Å²) >= 11 is 0. The Kier molecular flexibility index (Phi) is 5.75. The van der Waals surface area contributed by atoms with Gasteiger partial charge in [-0.1, -0.05) is 31.5 Å². The van der Waals surface area contributed by atoms with E-state index < -0.39 is 0 Å². The summed E-state index contributed by atoms with van der Waals surface area (Å²) in [4.78, 5) is 11.7. The lowest BCUT2D eigenvalue weighted by molar-refractivity contribution is -0.143. The largest absolute Gasteiger partial charge is 0.466 e. The Labute approximate surface area is 132 Å². The minimum Gasteiger partial charge on any atom is -0.466 e. The van der Waals surface area contributed by atoms with Crippen molar-refractivity contribution in [2.24, 2.45) is 0 Å². The number of unbranched alkanes of at least 4 members (excludes halogenated alkanes) is 1. The summed E-state index contributed by atoms with van der Waals surface area (Å²) in [6, 6.07) is 10.0. The average molecular weight is 300 g/mol. The molecule has 0 saturated carbocycles. The molecule has 4 heteroatoms. The Bertz CT molecular complexity index is 618. The molecule has 0 atom stereocenters. The summed E-state index contributed by atoms with van der Waals surface area (Å²) in [6.45, 7) is 6.64. The van der Waals surface area contributed by atoms with E-state index in [0.717, 1.165) is 35.5 Å². The van der Waals surface area contributed by atoms with Gasteiger partial charge in [-0.15, -0.1) is 0 Å². The second-order valence-electron chi connectivity index (χ2n) is 5.47. The smallest absolute Gasteiger partial charge is 0.306 e. The number of hydrogen-bond acceptors (Lipinski definition) is 3. The summed E-state index contributed by atoms with van der Waals surface area (Å²) in [5, 5.41) is 4.60. The van der Waals surface area contributed by atoms with Crippen molar-refractivity contribution < 1.29 is 9.53 Å². The van der Waals surface area contributed by atoms with Crippen LogP contribution < -0.4 is 0 Å². The van der Waals surface area contributed by atoms with Crippen LogP contribution in [0.3, 0.4) is 0 Å². The van der Waals surface area contributed by atoms with Crippen LogP contribution in [0.15, 0.2) is 30.3 Å². The number of nitrogens with zero attached hydrogens (tertiary/aromatic N) is 2. The van der Waals surface area contributed by atoms with Crippen LogP contribution in [-0.4, -0.2) is 22.4 Å². The summed E-state index contributed by atoms with van der Waals surface area (Å²) in [5.41, 5.74) is 4.24. The zero-order chi connectivity index (χ0) is 15.9. The lowest BCUT2D eigenvalue weighted by atomic mass is 10.1. The van der Waals surface area contributed by atoms with Crippen LogP contribution in [-0.2, 0) is 16.0 Å². The molecule has 1 aromatic carbocycles. The molecule has 4 nitrogen and oxygen atoms in total. The Balaban J connectivity index is 2.03. The second-order valence-corrected chi connectivity index (χ2v) is 5.47. The van der Waals surface area contributed by atoms with Gasteiger partial charge in [0, 0.05) is 12.1 Å². The molecule has 2 rings (SSSR count). The monoisotopic (exact) mass is 300 g/mol. The van der Waals surface area contributed by atoms with Crippen molar-refractivity contribution in [2.75, 3.05) is 6.61 Å². The molecular formula is C18H24N2O2. The summed E-state index contributed by atoms with van der Waals surface area (Å²) in [6.07, 6.45) is 3.05. The summed E-state index contributed by atoms with van der Waals surface area (Å²) in [5.74, 6) is -0.125. The van der Waals surface area contributed by atoms with Gasteiger partial charge in [0.2, 0.25) is 0 Å². The van der Waals surface area contributed by atoms with Gasteiger partial charge < -0.3 is 4.74 Å². The van der Waals surface area contributed by atoms with Crippen LogP contribution in [0.5, 0.6) is 0 Å². The first-order valence-electron chi connectivity index (χ1n) is 7.89. The van der Waals surface area contributed by atoms with E-state index in [2.05, 4.69) is 12.0 Å². The molecule has 0 radical (unpaired) electrons. The van der Waals surface area contributed by atoms with Crippen LogP contribution >= 0.6 is 0 Å². The van der Waals surface area contributed by atoms with E-state index in [1.807, 2.05) is 48.9 Å². The van der Waals surface area contributed by atoms with E-state index in [-0.39, 0.29) is 5.97 Å². The van der Waals surface area contributed by atoms with E-state index in [4.69, 9.17) is 4.74 Å². The van der Waals surface area contributed by atoms with Crippen LogP contribution in [0.2, 0.25) is 0 Å². The minimum atomic E-state index is -0.125. The first-order chi connectivity index (χ1) is 10.6. The van der Waals surface area contributed by atoms with E-state index in [1.165, 1.54) is 0 Å². The SMILES string of the molecule is CCCCOC(=O)CCc1c(C)nn(-c2ccccc2)c1C. The summed E-state index contributed by atoms with van der Waals surface area (Å²) in [7, 11) is 0. The normalized spacial score (nSPS) is 10.7. The van der Waals surface area contributed by atoms with Gasteiger partial charge in [0.05, 0.1) is 18.0 Å². The standard InChI is InChI=1S/C18H24N2O2/c1-4-5-13-22-18(21)12-11-17-14(2)19-20(15(17)3)16-9-7-6-8-10-16/h6-10H,4-5,11-13H2,1-3H3. The van der Waals surface area contributed by atoms with Gasteiger partial charge in [0.25, 0.3) is 0 Å². The molecule has 2 aromatic rings. The Morgan fingerprint density at radius 1 is 1.23 bits per heavy atom. The number of ether oxygens (including phenoxy) is 1. The third-order valence-corrected chi connectivity index (χ3v) is 3.78. The van der Waals surface area contributed by atoms with Gasteiger partial charge in [-0.25, -0.2) is 4.68 Å². The molecule has 0 fully saturated rings. The molecule has 0 bridgehead atoms. The van der Waals surface area contributed by atoms with E-state index in [9.17, 15) is 4.79 Å². The third kappa shape index (κ3) is 3.97. The first-order valence-corrected chi connectivity index (χ1v) is 7.89. The van der Waals surface area contributed by atoms with Crippen molar-refractivity contribution in [1.29, 1.82) is 0 Å². The molecule has 0 aliphatic rings. The highest BCUT2D eigenvalue weighted by Crippen LogP contribution is 2.19. The fraction of sp³-hybridized carbons (Fsp3) is 0.444. The van der Waals surface area contributed by atoms with Crippen LogP contribution in [0.4, 0.5) is 0 Å². The molecule has 0 N–H and O–H groups in total. The Hall–Kier alpha value is -2.10. The van der Waals surface area contributed by atoms with E-state index in [0.29, 0.717) is 19.4 Å². The maximum absolute atomic E-state index is 11.7. The molecule has 0 saturated heterocycles. The van der Waals surface area contributed by atoms with Gasteiger partial charge >= 0.3 is 5.97 Å². The zero-order valence-corrected chi connectivity index (χ0v) is 13.6. The van der Waals surface area contributed by atoms with Crippen LogP contribution in [0.1, 0.15) is 43.1 Å². The van der Waals surface area contributed by atoms with E-state index >= 15 is 0 Å². The maximum atomic E-state index is 11.7. The number of carbonyl (C=O) groups is 1. The lowest BCUT2D eigenvalue weighted by Crippen LogP contribution is -2.07. The summed E-state index contributed by atoms with van der Waals surface area (Å²) < 4.78 is 7.15. The Morgan fingerprint density at radius 3 is 2.64 bits per heavy atom. The maximum Gasteiger partial charge on any atom is 0.306 e. The van der Waals surface area contributed by atoms with Crippen LogP contribution in [0, 0.1) is 13.8 Å². The fourth-order valence-electron chi connectivity index (χ4n) is 2.49. The number of benzene rings is 1. The number of rotatable bonds is 7. The van der Waals surface area contributed by atoms with Crippen molar-refractivity contribution in [2.45, 2.75) is 46.5 Å². The number of aryl methyl sites for hydroxylation is 1. The van der Waals surface area contributed by atoms with Crippen LogP contribution in [0.25, 0.3) is 5.69 Å². The van der Waals surface area contributed by atoms with Crippen molar-refractivity contribution in [3.05, 3.63) is 47.3 Å². The molecule has 1 aromatic heterocycles. The van der Waals surface area contributed by atoms with Crippen molar-refractivity contribution >= 4 is 5.97 Å². The number of carbonyl (C=O) groups excluding carboxylic acids is 1. The molecule has 0 spiro atoms. The molecule has 0 unspecified atom stereocenters. The predicted octanol–water partition coefficient (Wildman–Crippen LogP) is 3.77. The van der Waals surface area contributed by atoms with Gasteiger partial charge in [-0.2, -0.15) is 5.10 Å². The van der Waals surface area contributed by atoms with Gasteiger partial charge in [-0.3, -0.25) is 4.79 Å². The first kappa shape index (κ1) is 16.3. The molecule has 1 heterocycles. The average Bonchev–Trinajstić information content (AvgIpc) is 2.81. The third-order valence-electron chi connectivity index (χ3n) is 3.78. The highest BCUT2D eigenvalue weighted by molar-refractivity contribution is 5.69. The van der Waals surface area contributed by atoms with Crippen molar-refractivity contribution in [3.63, 3.8) is 0 Å². The predicted molar refractivity (Wildman–Crippen MR) is 87.2 cm³/mol. The number of hydrogen-bond donors (Lipinski definition) is 0. The van der Waals surface area contributed by atoms with Gasteiger partial charge in [0.1, 0.15) is 0 Å². The lowest BCUT2D eigenvalue weighted by Gasteiger charge is -2.06. The minimum absolute atomic E-state index is 0.125. The Morgan fingerprint density at radius 2 is 1.95 bits per heavy atom. The molecular weight excluding hydrogens is 276 g/mol. The van der Waals surface area contributed by atoms with Crippen molar-refractivity contribution in [3.8, 4) is 5.69 Å². The van der Waals surface area contributed by atoms with Gasteiger partial charge in [0.15, 0.2) is 0 Å². The number of aromatic nitrogens is 2. The van der Waals surface area contributed by atoms with Crippen molar-refractivity contribution in [1.82, 2.24) is 9.78 Å². The number of esters is 1. The molecule has 0 aliphatic heterocycles. The quantitative estimate of drug-likeness (QED) is 0.577. The van der Waals surface area contributed by atoms with Gasteiger partial charge in [-0.05, 0) is 44.4 Å². The molecule has 0 aliphatic carbocycles. The molecule has 22 heavy (non-hydrogen) atoms. The highest BCUT2D eigenvalue weighted by Gasteiger charge is 2.14. The second kappa shape index (κ2) is 7.78. The zero-order valence-electron chi connectivity index (χ0n) is 13.6.